The zero-order valence-corrected chi connectivity index (χ0v) is 15.1. The summed E-state index contributed by atoms with van der Waals surface area (Å²) in [6.45, 7) is 1.84. The molecule has 4 rings (SSSR count). The number of aromatic nitrogens is 5. The SMILES string of the molecule is Cc1nc(-c2ccc(NC(=O)c3ccn(-c4ccccc4Cl)n3)cc2)n[nH]1. The summed E-state index contributed by atoms with van der Waals surface area (Å²) in [6, 6.07) is 16.2. The van der Waals surface area contributed by atoms with Gasteiger partial charge in [0, 0.05) is 17.4 Å². The highest BCUT2D eigenvalue weighted by Crippen LogP contribution is 2.20. The maximum atomic E-state index is 12.5. The van der Waals surface area contributed by atoms with E-state index < -0.39 is 0 Å². The topological polar surface area (TPSA) is 88.5 Å². The predicted molar refractivity (Wildman–Crippen MR) is 103 cm³/mol. The van der Waals surface area contributed by atoms with Crippen LogP contribution >= 0.6 is 11.6 Å². The molecule has 0 bridgehead atoms. The fourth-order valence-electron chi connectivity index (χ4n) is 2.59. The van der Waals surface area contributed by atoms with Crippen molar-refractivity contribution >= 4 is 23.2 Å². The minimum absolute atomic E-state index is 0.295. The van der Waals surface area contributed by atoms with Gasteiger partial charge in [0.25, 0.3) is 5.91 Å². The summed E-state index contributed by atoms with van der Waals surface area (Å²) >= 11 is 6.17. The lowest BCUT2D eigenvalue weighted by Gasteiger charge is -2.05. The molecule has 8 heteroatoms. The molecule has 0 spiro atoms. The van der Waals surface area contributed by atoms with E-state index in [-0.39, 0.29) is 5.91 Å². The molecule has 4 aromatic rings. The molecule has 0 unspecified atom stereocenters. The van der Waals surface area contributed by atoms with Crippen molar-refractivity contribution in [2.45, 2.75) is 6.92 Å². The van der Waals surface area contributed by atoms with Crippen LogP contribution in [-0.2, 0) is 0 Å². The number of carbonyl (C=O) groups is 1. The van der Waals surface area contributed by atoms with Crippen LogP contribution in [0.25, 0.3) is 17.1 Å². The molecule has 2 heterocycles. The number of carbonyl (C=O) groups excluding carboxylic acids is 1. The molecule has 0 atom stereocenters. The second-order valence-corrected chi connectivity index (χ2v) is 6.28. The Labute approximate surface area is 160 Å². The highest BCUT2D eigenvalue weighted by Gasteiger charge is 2.12. The third-order valence-corrected chi connectivity index (χ3v) is 4.24. The Hall–Kier alpha value is -3.45. The third kappa shape index (κ3) is 3.58. The smallest absolute Gasteiger partial charge is 0.276 e. The normalized spacial score (nSPS) is 10.7. The van der Waals surface area contributed by atoms with Crippen LogP contribution in [0.5, 0.6) is 0 Å². The number of halogens is 1. The number of para-hydroxylation sites is 1. The van der Waals surface area contributed by atoms with E-state index in [0.29, 0.717) is 27.9 Å². The molecule has 0 aliphatic heterocycles. The lowest BCUT2D eigenvalue weighted by Crippen LogP contribution is -2.13. The number of rotatable bonds is 4. The van der Waals surface area contributed by atoms with Crippen LogP contribution in [-0.4, -0.2) is 30.9 Å². The summed E-state index contributed by atoms with van der Waals surface area (Å²) in [6.07, 6.45) is 1.70. The molecule has 2 aromatic heterocycles. The minimum atomic E-state index is -0.303. The van der Waals surface area contributed by atoms with Gasteiger partial charge >= 0.3 is 0 Å². The molecule has 27 heavy (non-hydrogen) atoms. The van der Waals surface area contributed by atoms with E-state index in [1.807, 2.05) is 37.3 Å². The van der Waals surface area contributed by atoms with E-state index in [0.717, 1.165) is 11.4 Å². The van der Waals surface area contributed by atoms with Gasteiger partial charge in [0.05, 0.1) is 10.7 Å². The first-order valence-electron chi connectivity index (χ1n) is 8.21. The van der Waals surface area contributed by atoms with Crippen LogP contribution in [0.1, 0.15) is 16.3 Å². The molecule has 0 radical (unpaired) electrons. The van der Waals surface area contributed by atoms with E-state index in [9.17, 15) is 4.79 Å². The molecule has 0 fully saturated rings. The first kappa shape index (κ1) is 17.0. The summed E-state index contributed by atoms with van der Waals surface area (Å²) in [4.78, 5) is 16.7. The van der Waals surface area contributed by atoms with Gasteiger partial charge in [0.2, 0.25) is 0 Å². The number of benzene rings is 2. The van der Waals surface area contributed by atoms with Crippen molar-refractivity contribution in [1.29, 1.82) is 0 Å². The number of aryl methyl sites for hydroxylation is 1. The minimum Gasteiger partial charge on any atom is -0.321 e. The summed E-state index contributed by atoms with van der Waals surface area (Å²) < 4.78 is 1.58. The largest absolute Gasteiger partial charge is 0.321 e. The molecule has 2 aromatic carbocycles. The van der Waals surface area contributed by atoms with Crippen LogP contribution in [0.4, 0.5) is 5.69 Å². The number of H-pyrrole nitrogens is 1. The van der Waals surface area contributed by atoms with Crippen molar-refractivity contribution in [3.8, 4) is 17.1 Å². The van der Waals surface area contributed by atoms with Gasteiger partial charge in [-0.3, -0.25) is 9.89 Å². The molecular formula is C19H15ClN6O. The van der Waals surface area contributed by atoms with E-state index in [1.54, 1.807) is 35.1 Å². The second kappa shape index (κ2) is 7.05. The molecule has 134 valence electrons. The zero-order chi connectivity index (χ0) is 18.8. The zero-order valence-electron chi connectivity index (χ0n) is 14.3. The second-order valence-electron chi connectivity index (χ2n) is 5.87. The summed E-state index contributed by atoms with van der Waals surface area (Å²) in [5.41, 5.74) is 2.52. The number of aromatic amines is 1. The lowest BCUT2D eigenvalue weighted by atomic mass is 10.2. The Kier molecular flexibility index (Phi) is 4.43. The Morgan fingerprint density at radius 2 is 1.89 bits per heavy atom. The first-order chi connectivity index (χ1) is 13.1. The van der Waals surface area contributed by atoms with Gasteiger partial charge in [0.15, 0.2) is 11.5 Å². The molecular weight excluding hydrogens is 364 g/mol. The molecule has 0 aliphatic carbocycles. The lowest BCUT2D eigenvalue weighted by molar-refractivity contribution is 0.102. The summed E-state index contributed by atoms with van der Waals surface area (Å²) in [7, 11) is 0. The summed E-state index contributed by atoms with van der Waals surface area (Å²) in [5, 5.41) is 14.6. The number of nitrogens with one attached hydrogen (secondary N) is 2. The number of nitrogens with zero attached hydrogens (tertiary/aromatic N) is 4. The van der Waals surface area contributed by atoms with Gasteiger partial charge in [-0.2, -0.15) is 10.2 Å². The van der Waals surface area contributed by atoms with Crippen LogP contribution in [0.2, 0.25) is 5.02 Å². The van der Waals surface area contributed by atoms with Crippen molar-refractivity contribution < 1.29 is 4.79 Å². The molecule has 2 N–H and O–H groups in total. The van der Waals surface area contributed by atoms with Crippen molar-refractivity contribution in [2.75, 3.05) is 5.32 Å². The molecule has 1 amide bonds. The Morgan fingerprint density at radius 1 is 1.11 bits per heavy atom. The maximum absolute atomic E-state index is 12.5. The molecule has 0 saturated heterocycles. The van der Waals surface area contributed by atoms with Crippen molar-refractivity contribution in [3.63, 3.8) is 0 Å². The third-order valence-electron chi connectivity index (χ3n) is 3.92. The van der Waals surface area contributed by atoms with Crippen LogP contribution in [0.15, 0.2) is 60.8 Å². The van der Waals surface area contributed by atoms with Gasteiger partial charge in [-0.15, -0.1) is 0 Å². The van der Waals surface area contributed by atoms with Crippen molar-refractivity contribution in [2.24, 2.45) is 0 Å². The fourth-order valence-corrected chi connectivity index (χ4v) is 2.81. The van der Waals surface area contributed by atoms with Gasteiger partial charge in [-0.1, -0.05) is 23.7 Å². The Bertz CT molecular complexity index is 1100. The number of hydrogen-bond acceptors (Lipinski definition) is 4. The average molecular weight is 379 g/mol. The number of amides is 1. The van der Waals surface area contributed by atoms with Crippen LogP contribution < -0.4 is 5.32 Å². The van der Waals surface area contributed by atoms with Gasteiger partial charge in [0.1, 0.15) is 5.82 Å². The Morgan fingerprint density at radius 3 is 2.59 bits per heavy atom. The van der Waals surface area contributed by atoms with E-state index >= 15 is 0 Å². The Balaban J connectivity index is 1.49. The molecule has 0 saturated carbocycles. The quantitative estimate of drug-likeness (QED) is 0.564. The van der Waals surface area contributed by atoms with Gasteiger partial charge in [-0.05, 0) is 49.4 Å². The molecule has 0 aliphatic rings. The van der Waals surface area contributed by atoms with E-state index in [1.165, 1.54) is 0 Å². The van der Waals surface area contributed by atoms with Crippen molar-refractivity contribution in [3.05, 3.63) is 77.3 Å². The van der Waals surface area contributed by atoms with Crippen LogP contribution in [0, 0.1) is 6.92 Å². The molecule has 7 nitrogen and oxygen atoms in total. The van der Waals surface area contributed by atoms with E-state index in [4.69, 9.17) is 11.6 Å². The van der Waals surface area contributed by atoms with E-state index in [2.05, 4.69) is 25.6 Å². The number of anilines is 1. The average Bonchev–Trinajstić information content (AvgIpc) is 3.32. The monoisotopic (exact) mass is 378 g/mol. The summed E-state index contributed by atoms with van der Waals surface area (Å²) in [5.74, 6) is 1.06. The van der Waals surface area contributed by atoms with Crippen LogP contribution in [0.3, 0.4) is 0 Å². The fraction of sp³-hybridized carbons (Fsp3) is 0.0526. The van der Waals surface area contributed by atoms with Crippen molar-refractivity contribution in [1.82, 2.24) is 25.0 Å². The van der Waals surface area contributed by atoms with Gasteiger partial charge < -0.3 is 5.32 Å². The predicted octanol–water partition coefficient (Wildman–Crippen LogP) is 3.87. The highest BCUT2D eigenvalue weighted by molar-refractivity contribution is 6.32. The highest BCUT2D eigenvalue weighted by atomic mass is 35.5. The van der Waals surface area contributed by atoms with Gasteiger partial charge in [-0.25, -0.2) is 9.67 Å². The first-order valence-corrected chi connectivity index (χ1v) is 8.59. The standard InChI is InChI=1S/C19H15ClN6O/c1-12-21-18(24-23-12)13-6-8-14(9-7-13)22-19(27)16-10-11-26(25-16)17-5-3-2-4-15(17)20/h2-11H,1H3,(H,22,27)(H,21,23,24). The number of hydrogen-bond donors (Lipinski definition) is 2. The maximum Gasteiger partial charge on any atom is 0.276 e.